The topological polar surface area (TPSA) is 79.1 Å². The van der Waals surface area contributed by atoms with E-state index >= 15 is 0 Å². The highest BCUT2D eigenvalue weighted by atomic mass is 16.5. The van der Waals surface area contributed by atoms with Crippen molar-refractivity contribution in [2.45, 2.75) is 19.8 Å². The number of aliphatic imine (C=N–C) groups is 1. The Hall–Kier alpha value is -2.82. The van der Waals surface area contributed by atoms with Crippen molar-refractivity contribution in [2.75, 3.05) is 6.61 Å². The molecule has 0 saturated heterocycles. The minimum Gasteiger partial charge on any atom is -0.507 e. The summed E-state index contributed by atoms with van der Waals surface area (Å²) < 4.78 is 5.31. The summed E-state index contributed by atoms with van der Waals surface area (Å²) in [5.41, 5.74) is 2.29. The van der Waals surface area contributed by atoms with Gasteiger partial charge in [-0.2, -0.15) is 0 Å². The summed E-state index contributed by atoms with van der Waals surface area (Å²) in [5, 5.41) is 18.6. The van der Waals surface area contributed by atoms with Gasteiger partial charge in [0.1, 0.15) is 11.5 Å². The summed E-state index contributed by atoms with van der Waals surface area (Å²) in [5.74, 6) is -0.0826. The van der Waals surface area contributed by atoms with Crippen molar-refractivity contribution in [1.29, 1.82) is 0 Å². The van der Waals surface area contributed by atoms with Crippen molar-refractivity contribution in [2.24, 2.45) is 4.99 Å². The molecule has 0 bridgehead atoms. The lowest BCUT2D eigenvalue weighted by atomic mass is 10.1. The van der Waals surface area contributed by atoms with Gasteiger partial charge < -0.3 is 14.9 Å². The van der Waals surface area contributed by atoms with Crippen molar-refractivity contribution >= 4 is 17.9 Å². The van der Waals surface area contributed by atoms with Crippen molar-refractivity contribution in [3.05, 3.63) is 53.6 Å². The van der Waals surface area contributed by atoms with E-state index in [0.29, 0.717) is 24.3 Å². The van der Waals surface area contributed by atoms with Crippen LogP contribution < -0.4 is 4.74 Å². The lowest BCUT2D eigenvalue weighted by Crippen LogP contribution is -1.96. The van der Waals surface area contributed by atoms with Crippen molar-refractivity contribution in [3.63, 3.8) is 0 Å². The third kappa shape index (κ3) is 5.14. The summed E-state index contributed by atoms with van der Waals surface area (Å²) in [4.78, 5) is 14.8. The number of phenolic OH excluding ortho intramolecular Hbond substituents is 1. The molecule has 120 valence electrons. The molecule has 0 aliphatic heterocycles. The smallest absolute Gasteiger partial charge is 0.303 e. The molecule has 0 spiro atoms. The molecule has 2 aromatic rings. The molecular formula is C18H19NO4. The van der Waals surface area contributed by atoms with Gasteiger partial charge in [-0.05, 0) is 43.2 Å². The van der Waals surface area contributed by atoms with E-state index in [1.807, 2.05) is 31.2 Å². The van der Waals surface area contributed by atoms with Crippen molar-refractivity contribution < 1.29 is 19.7 Å². The molecule has 0 fully saturated rings. The molecule has 23 heavy (non-hydrogen) atoms. The van der Waals surface area contributed by atoms with Crippen LogP contribution in [-0.4, -0.2) is 29.0 Å². The zero-order valence-electron chi connectivity index (χ0n) is 12.9. The second-order valence-electron chi connectivity index (χ2n) is 4.97. The van der Waals surface area contributed by atoms with Crippen LogP contribution in [-0.2, 0) is 11.2 Å². The molecule has 0 radical (unpaired) electrons. The molecule has 5 nitrogen and oxygen atoms in total. The number of carboxylic acids is 1. The maximum absolute atomic E-state index is 10.5. The SMILES string of the molecule is CCOc1ccc(C=Nc2ccc(CCC(=O)O)cc2)c(O)c1. The van der Waals surface area contributed by atoms with Gasteiger partial charge >= 0.3 is 5.97 Å². The van der Waals surface area contributed by atoms with Crippen LogP contribution in [0, 0.1) is 0 Å². The average molecular weight is 313 g/mol. The highest BCUT2D eigenvalue weighted by molar-refractivity contribution is 5.85. The zero-order valence-corrected chi connectivity index (χ0v) is 12.9. The molecule has 2 aromatic carbocycles. The number of nitrogens with zero attached hydrogens (tertiary/aromatic N) is 1. The van der Waals surface area contributed by atoms with Crippen LogP contribution in [0.5, 0.6) is 11.5 Å². The number of carbonyl (C=O) groups is 1. The standard InChI is InChI=1S/C18H19NO4/c1-2-23-16-9-6-14(17(20)11-16)12-19-15-7-3-13(4-8-15)5-10-18(21)22/h3-4,6-9,11-12,20H,2,5,10H2,1H3,(H,21,22). The number of carboxylic acid groups (broad SMARTS) is 1. The average Bonchev–Trinajstić information content (AvgIpc) is 2.53. The molecule has 0 atom stereocenters. The fourth-order valence-electron chi connectivity index (χ4n) is 2.03. The number of benzene rings is 2. The van der Waals surface area contributed by atoms with Crippen molar-refractivity contribution in [3.8, 4) is 11.5 Å². The highest BCUT2D eigenvalue weighted by Crippen LogP contribution is 2.23. The van der Waals surface area contributed by atoms with Crippen LogP contribution in [0.4, 0.5) is 5.69 Å². The zero-order chi connectivity index (χ0) is 16.7. The molecule has 2 rings (SSSR count). The number of rotatable bonds is 7. The quantitative estimate of drug-likeness (QED) is 0.766. The Morgan fingerprint density at radius 2 is 1.96 bits per heavy atom. The van der Waals surface area contributed by atoms with E-state index < -0.39 is 5.97 Å². The third-order valence-electron chi connectivity index (χ3n) is 3.23. The number of ether oxygens (including phenoxy) is 1. The van der Waals surface area contributed by atoms with Crippen LogP contribution in [0.1, 0.15) is 24.5 Å². The first-order valence-electron chi connectivity index (χ1n) is 7.39. The monoisotopic (exact) mass is 313 g/mol. The first-order chi connectivity index (χ1) is 11.1. The molecule has 0 amide bonds. The Bertz CT molecular complexity index is 693. The fourth-order valence-corrected chi connectivity index (χ4v) is 2.03. The first-order valence-corrected chi connectivity index (χ1v) is 7.39. The van der Waals surface area contributed by atoms with E-state index in [1.54, 1.807) is 24.4 Å². The number of aryl methyl sites for hydroxylation is 1. The van der Waals surface area contributed by atoms with Crippen LogP contribution in [0.2, 0.25) is 0 Å². The van der Waals surface area contributed by atoms with E-state index in [-0.39, 0.29) is 12.2 Å². The lowest BCUT2D eigenvalue weighted by molar-refractivity contribution is -0.136. The molecular weight excluding hydrogens is 294 g/mol. The van der Waals surface area contributed by atoms with Gasteiger partial charge in [-0.15, -0.1) is 0 Å². The summed E-state index contributed by atoms with van der Waals surface area (Å²) in [7, 11) is 0. The summed E-state index contributed by atoms with van der Waals surface area (Å²) in [6.45, 7) is 2.42. The minimum absolute atomic E-state index is 0.109. The molecule has 0 unspecified atom stereocenters. The Labute approximate surface area is 134 Å². The summed E-state index contributed by atoms with van der Waals surface area (Å²) in [6.07, 6.45) is 2.19. The first kappa shape index (κ1) is 16.5. The van der Waals surface area contributed by atoms with E-state index in [4.69, 9.17) is 9.84 Å². The summed E-state index contributed by atoms with van der Waals surface area (Å²) >= 11 is 0. The van der Waals surface area contributed by atoms with Crippen LogP contribution in [0.15, 0.2) is 47.5 Å². The number of aliphatic carboxylic acids is 1. The van der Waals surface area contributed by atoms with Gasteiger partial charge in [0.2, 0.25) is 0 Å². The van der Waals surface area contributed by atoms with E-state index in [1.165, 1.54) is 0 Å². The van der Waals surface area contributed by atoms with Gasteiger partial charge in [0.25, 0.3) is 0 Å². The lowest BCUT2D eigenvalue weighted by Gasteiger charge is -2.05. The number of hydrogen-bond donors (Lipinski definition) is 2. The fraction of sp³-hybridized carbons (Fsp3) is 0.222. The van der Waals surface area contributed by atoms with E-state index in [9.17, 15) is 9.90 Å². The van der Waals surface area contributed by atoms with Crippen LogP contribution in [0.25, 0.3) is 0 Å². The Morgan fingerprint density at radius 1 is 1.22 bits per heavy atom. The molecule has 0 aromatic heterocycles. The van der Waals surface area contributed by atoms with Gasteiger partial charge in [-0.25, -0.2) is 0 Å². The van der Waals surface area contributed by atoms with Gasteiger partial charge in [-0.3, -0.25) is 9.79 Å². The Kier molecular flexibility index (Phi) is 5.74. The molecule has 0 aliphatic rings. The van der Waals surface area contributed by atoms with E-state index in [2.05, 4.69) is 4.99 Å². The Morgan fingerprint density at radius 3 is 2.57 bits per heavy atom. The molecule has 0 saturated carbocycles. The van der Waals surface area contributed by atoms with Gasteiger partial charge in [0.15, 0.2) is 0 Å². The molecule has 0 heterocycles. The second kappa shape index (κ2) is 7.98. The maximum Gasteiger partial charge on any atom is 0.303 e. The van der Waals surface area contributed by atoms with Gasteiger partial charge in [0, 0.05) is 24.3 Å². The molecule has 5 heteroatoms. The highest BCUT2D eigenvalue weighted by Gasteiger charge is 2.02. The molecule has 2 N–H and O–H groups in total. The van der Waals surface area contributed by atoms with E-state index in [0.717, 1.165) is 11.3 Å². The Balaban J connectivity index is 2.03. The van der Waals surface area contributed by atoms with Gasteiger partial charge in [0.05, 0.1) is 12.3 Å². The van der Waals surface area contributed by atoms with Gasteiger partial charge in [-0.1, -0.05) is 12.1 Å². The number of hydrogen-bond acceptors (Lipinski definition) is 4. The molecule has 0 aliphatic carbocycles. The number of phenols is 1. The van der Waals surface area contributed by atoms with Crippen LogP contribution in [0.3, 0.4) is 0 Å². The predicted molar refractivity (Wildman–Crippen MR) is 88.9 cm³/mol. The summed E-state index contributed by atoms with van der Waals surface area (Å²) in [6, 6.07) is 12.4. The second-order valence-corrected chi connectivity index (χ2v) is 4.97. The number of aromatic hydroxyl groups is 1. The minimum atomic E-state index is -0.807. The largest absolute Gasteiger partial charge is 0.507 e. The van der Waals surface area contributed by atoms with Crippen LogP contribution >= 0.6 is 0 Å². The predicted octanol–water partition coefficient (Wildman–Crippen LogP) is 3.56. The normalized spacial score (nSPS) is 10.8. The van der Waals surface area contributed by atoms with Crippen molar-refractivity contribution in [1.82, 2.24) is 0 Å². The third-order valence-corrected chi connectivity index (χ3v) is 3.23. The maximum atomic E-state index is 10.5.